The lowest BCUT2D eigenvalue weighted by Crippen LogP contribution is -2.35. The fraction of sp³-hybridized carbons (Fsp3) is 0.294. The van der Waals surface area contributed by atoms with Gasteiger partial charge in [0, 0.05) is 12.0 Å². The first-order chi connectivity index (χ1) is 9.94. The number of hydrogen-bond acceptors (Lipinski definition) is 3. The van der Waals surface area contributed by atoms with Crippen LogP contribution in [0.25, 0.3) is 0 Å². The van der Waals surface area contributed by atoms with Crippen molar-refractivity contribution in [3.63, 3.8) is 0 Å². The molecule has 4 heteroatoms. The van der Waals surface area contributed by atoms with Crippen molar-refractivity contribution < 1.29 is 9.50 Å². The molecule has 1 atom stereocenters. The Bertz CT molecular complexity index is 630. The van der Waals surface area contributed by atoms with E-state index in [-0.39, 0.29) is 12.4 Å². The molecule has 0 saturated carbocycles. The van der Waals surface area contributed by atoms with Gasteiger partial charge in [-0.25, -0.2) is 4.39 Å². The van der Waals surface area contributed by atoms with Crippen molar-refractivity contribution in [2.75, 3.05) is 24.2 Å². The second kappa shape index (κ2) is 6.14. The van der Waals surface area contributed by atoms with Crippen molar-refractivity contribution in [3.05, 3.63) is 59.4 Å². The van der Waals surface area contributed by atoms with Crippen LogP contribution in [0, 0.1) is 12.7 Å². The van der Waals surface area contributed by atoms with E-state index in [2.05, 4.69) is 5.32 Å². The minimum absolute atomic E-state index is 0.0881. The summed E-state index contributed by atoms with van der Waals surface area (Å²) in [6, 6.07) is 12.1. The Kier molecular flexibility index (Phi) is 4.48. The molecule has 0 aromatic heterocycles. The normalized spacial score (nSPS) is 13.7. The lowest BCUT2D eigenvalue weighted by atomic mass is 9.83. The molecule has 21 heavy (non-hydrogen) atoms. The van der Waals surface area contributed by atoms with Gasteiger partial charge in [0.25, 0.3) is 0 Å². The van der Waals surface area contributed by atoms with Gasteiger partial charge in [0.15, 0.2) is 0 Å². The summed E-state index contributed by atoms with van der Waals surface area (Å²) in [6.07, 6.45) is 0. The molecule has 0 aliphatic rings. The molecule has 0 aliphatic carbocycles. The van der Waals surface area contributed by atoms with E-state index < -0.39 is 5.41 Å². The Morgan fingerprint density at radius 1 is 1.24 bits per heavy atom. The van der Waals surface area contributed by atoms with Crippen molar-refractivity contribution in [1.82, 2.24) is 0 Å². The number of halogens is 1. The van der Waals surface area contributed by atoms with Crippen LogP contribution >= 0.6 is 0 Å². The van der Waals surface area contributed by atoms with Crippen molar-refractivity contribution >= 4 is 11.4 Å². The summed E-state index contributed by atoms with van der Waals surface area (Å²) in [7, 11) is 0. The SMILES string of the molecule is Cc1ccc(NCC(C)(CO)c2cccc(F)c2)c(N)c1. The van der Waals surface area contributed by atoms with E-state index in [9.17, 15) is 9.50 Å². The van der Waals surface area contributed by atoms with E-state index in [4.69, 9.17) is 5.73 Å². The predicted molar refractivity (Wildman–Crippen MR) is 84.9 cm³/mol. The minimum atomic E-state index is -0.584. The molecule has 0 aliphatic heterocycles. The maximum Gasteiger partial charge on any atom is 0.123 e. The highest BCUT2D eigenvalue weighted by Gasteiger charge is 2.26. The van der Waals surface area contributed by atoms with Crippen LogP contribution in [0.5, 0.6) is 0 Å². The Labute approximate surface area is 124 Å². The molecule has 0 spiro atoms. The summed E-state index contributed by atoms with van der Waals surface area (Å²) >= 11 is 0. The number of nitrogen functional groups attached to an aromatic ring is 1. The van der Waals surface area contributed by atoms with Gasteiger partial charge in [0.05, 0.1) is 18.0 Å². The van der Waals surface area contributed by atoms with Crippen LogP contribution in [0.4, 0.5) is 15.8 Å². The highest BCUT2D eigenvalue weighted by atomic mass is 19.1. The second-order valence-electron chi connectivity index (χ2n) is 5.67. The Morgan fingerprint density at radius 2 is 2.00 bits per heavy atom. The van der Waals surface area contributed by atoms with E-state index in [1.54, 1.807) is 6.07 Å². The average Bonchev–Trinajstić information content (AvgIpc) is 2.46. The number of aliphatic hydroxyl groups is 1. The molecular weight excluding hydrogens is 267 g/mol. The van der Waals surface area contributed by atoms with Crippen LogP contribution in [0.15, 0.2) is 42.5 Å². The molecule has 1 unspecified atom stereocenters. The van der Waals surface area contributed by atoms with E-state index in [0.717, 1.165) is 16.8 Å². The third kappa shape index (κ3) is 3.52. The summed E-state index contributed by atoms with van der Waals surface area (Å²) in [5.74, 6) is -0.304. The molecule has 2 aromatic carbocycles. The highest BCUT2D eigenvalue weighted by molar-refractivity contribution is 5.67. The maximum absolute atomic E-state index is 13.4. The first-order valence-electron chi connectivity index (χ1n) is 6.91. The smallest absolute Gasteiger partial charge is 0.123 e. The lowest BCUT2D eigenvalue weighted by Gasteiger charge is -2.29. The average molecular weight is 288 g/mol. The van der Waals surface area contributed by atoms with Crippen molar-refractivity contribution in [2.24, 2.45) is 0 Å². The Morgan fingerprint density at radius 3 is 2.62 bits per heavy atom. The topological polar surface area (TPSA) is 58.3 Å². The third-order valence-electron chi connectivity index (χ3n) is 3.75. The highest BCUT2D eigenvalue weighted by Crippen LogP contribution is 2.26. The van der Waals surface area contributed by atoms with Gasteiger partial charge in [-0.2, -0.15) is 0 Å². The first kappa shape index (κ1) is 15.3. The van der Waals surface area contributed by atoms with Gasteiger partial charge in [-0.3, -0.25) is 0 Å². The summed E-state index contributed by atoms with van der Waals surface area (Å²) in [6.45, 7) is 4.24. The van der Waals surface area contributed by atoms with Crippen molar-refractivity contribution in [1.29, 1.82) is 0 Å². The van der Waals surface area contributed by atoms with Crippen LogP contribution < -0.4 is 11.1 Å². The fourth-order valence-electron chi connectivity index (χ4n) is 2.25. The summed E-state index contributed by atoms with van der Waals surface area (Å²) in [5, 5.41) is 13.0. The molecule has 0 radical (unpaired) electrons. The van der Waals surface area contributed by atoms with E-state index >= 15 is 0 Å². The molecule has 0 bridgehead atoms. The molecule has 0 fully saturated rings. The number of nitrogens with one attached hydrogen (secondary N) is 1. The molecule has 2 rings (SSSR count). The zero-order valence-corrected chi connectivity index (χ0v) is 12.4. The summed E-state index contributed by atoms with van der Waals surface area (Å²) < 4.78 is 13.4. The number of nitrogens with two attached hydrogens (primary N) is 1. The number of benzene rings is 2. The predicted octanol–water partition coefficient (Wildman–Crippen LogP) is 3.08. The van der Waals surface area contributed by atoms with Crippen molar-refractivity contribution in [3.8, 4) is 0 Å². The zero-order valence-electron chi connectivity index (χ0n) is 12.4. The van der Waals surface area contributed by atoms with Gasteiger partial charge >= 0.3 is 0 Å². The lowest BCUT2D eigenvalue weighted by molar-refractivity contribution is 0.213. The Balaban J connectivity index is 2.18. The van der Waals surface area contributed by atoms with E-state index in [0.29, 0.717) is 12.2 Å². The molecule has 2 aromatic rings. The zero-order chi connectivity index (χ0) is 15.5. The van der Waals surface area contributed by atoms with Crippen LogP contribution in [0.3, 0.4) is 0 Å². The monoisotopic (exact) mass is 288 g/mol. The molecule has 0 amide bonds. The molecular formula is C17H21FN2O. The number of anilines is 2. The van der Waals surface area contributed by atoms with Gasteiger partial charge in [-0.1, -0.05) is 25.1 Å². The third-order valence-corrected chi connectivity index (χ3v) is 3.75. The van der Waals surface area contributed by atoms with Crippen LogP contribution in [0.1, 0.15) is 18.1 Å². The largest absolute Gasteiger partial charge is 0.397 e. The fourth-order valence-corrected chi connectivity index (χ4v) is 2.25. The molecule has 4 N–H and O–H groups in total. The van der Waals surface area contributed by atoms with E-state index in [1.807, 2.05) is 38.1 Å². The number of rotatable bonds is 5. The number of aryl methyl sites for hydroxylation is 1. The quantitative estimate of drug-likeness (QED) is 0.741. The van der Waals surface area contributed by atoms with Gasteiger partial charge in [-0.15, -0.1) is 0 Å². The molecule has 112 valence electrons. The van der Waals surface area contributed by atoms with Crippen LogP contribution in [-0.2, 0) is 5.41 Å². The molecule has 3 nitrogen and oxygen atoms in total. The minimum Gasteiger partial charge on any atom is -0.397 e. The number of aliphatic hydroxyl groups excluding tert-OH is 1. The van der Waals surface area contributed by atoms with Crippen LogP contribution in [-0.4, -0.2) is 18.3 Å². The van der Waals surface area contributed by atoms with Gasteiger partial charge in [-0.05, 0) is 42.3 Å². The van der Waals surface area contributed by atoms with Crippen molar-refractivity contribution in [2.45, 2.75) is 19.3 Å². The van der Waals surface area contributed by atoms with E-state index in [1.165, 1.54) is 12.1 Å². The Hall–Kier alpha value is -2.07. The molecule has 0 heterocycles. The van der Waals surface area contributed by atoms with Gasteiger partial charge in [0.2, 0.25) is 0 Å². The van der Waals surface area contributed by atoms with Gasteiger partial charge < -0.3 is 16.2 Å². The van der Waals surface area contributed by atoms with Crippen LogP contribution in [0.2, 0.25) is 0 Å². The summed E-state index contributed by atoms with van der Waals surface area (Å²) in [5.41, 5.74) is 8.71. The maximum atomic E-state index is 13.4. The second-order valence-corrected chi connectivity index (χ2v) is 5.67. The van der Waals surface area contributed by atoms with Gasteiger partial charge in [0.1, 0.15) is 5.82 Å². The molecule has 0 saturated heterocycles. The number of hydrogen-bond donors (Lipinski definition) is 3. The summed E-state index contributed by atoms with van der Waals surface area (Å²) in [4.78, 5) is 0. The standard InChI is InChI=1S/C17H21FN2O/c1-12-6-7-16(15(19)8-12)20-10-17(2,11-21)13-4-3-5-14(18)9-13/h3-9,20-21H,10-11,19H2,1-2H3. The first-order valence-corrected chi connectivity index (χ1v) is 6.91.